The van der Waals surface area contributed by atoms with Crippen LogP contribution in [0.25, 0.3) is 0 Å². The lowest BCUT2D eigenvalue weighted by Crippen LogP contribution is -1.76. The molecular formula is C20H36. The fraction of sp³-hybridized carbons (Fsp3) is 0.700. The zero-order valence-corrected chi connectivity index (χ0v) is 13.8. The van der Waals surface area contributed by atoms with E-state index in [1.54, 1.807) is 0 Å². The van der Waals surface area contributed by atoms with Gasteiger partial charge in [0.05, 0.1) is 0 Å². The Morgan fingerprint density at radius 3 is 1.50 bits per heavy atom. The van der Waals surface area contributed by atoms with Crippen molar-refractivity contribution in [2.45, 2.75) is 90.4 Å². The lowest BCUT2D eigenvalue weighted by atomic mass is 10.1. The molecule has 0 radical (unpaired) electrons. The average molecular weight is 277 g/mol. The van der Waals surface area contributed by atoms with Gasteiger partial charge in [0.1, 0.15) is 0 Å². The van der Waals surface area contributed by atoms with E-state index in [1.165, 1.54) is 83.5 Å². The minimum absolute atomic E-state index is 1.18. The molecule has 0 rings (SSSR count). The molecule has 0 aromatic heterocycles. The Kier molecular flexibility index (Phi) is 17.5. The van der Waals surface area contributed by atoms with Gasteiger partial charge in [-0.05, 0) is 57.8 Å². The fourth-order valence-corrected chi connectivity index (χ4v) is 2.24. The van der Waals surface area contributed by atoms with Gasteiger partial charge in [0.2, 0.25) is 0 Å². The van der Waals surface area contributed by atoms with Gasteiger partial charge in [-0.1, -0.05) is 63.0 Å². The molecule has 0 saturated heterocycles. The molecule has 0 bridgehead atoms. The molecule has 0 aromatic carbocycles. The first-order valence-corrected chi connectivity index (χ1v) is 8.82. The molecular weight excluding hydrogens is 240 g/mol. The molecule has 0 unspecified atom stereocenters. The van der Waals surface area contributed by atoms with Gasteiger partial charge in [0.15, 0.2) is 0 Å². The first-order chi connectivity index (χ1) is 9.91. The van der Waals surface area contributed by atoms with E-state index in [2.05, 4.69) is 37.8 Å². The highest BCUT2D eigenvalue weighted by Crippen LogP contribution is 2.07. The molecule has 0 heteroatoms. The molecule has 0 nitrogen and oxygen atoms in total. The maximum absolute atomic E-state index is 3.75. The Labute approximate surface area is 128 Å². The lowest BCUT2D eigenvalue weighted by molar-refractivity contribution is 0.652. The van der Waals surface area contributed by atoms with Crippen LogP contribution < -0.4 is 0 Å². The first kappa shape index (κ1) is 19.2. The summed E-state index contributed by atoms with van der Waals surface area (Å²) in [7, 11) is 0. The van der Waals surface area contributed by atoms with Gasteiger partial charge >= 0.3 is 0 Å². The molecule has 0 amide bonds. The van der Waals surface area contributed by atoms with Crippen molar-refractivity contribution in [1.82, 2.24) is 0 Å². The quantitative estimate of drug-likeness (QED) is 0.216. The molecule has 0 aliphatic heterocycles. The molecule has 0 spiro atoms. The summed E-state index contributed by atoms with van der Waals surface area (Å²) in [5.74, 6) is 0. The van der Waals surface area contributed by atoms with E-state index in [1.807, 2.05) is 6.08 Å². The predicted octanol–water partition coefficient (Wildman–Crippen LogP) is 7.38. The van der Waals surface area contributed by atoms with Crippen LogP contribution in [-0.4, -0.2) is 0 Å². The van der Waals surface area contributed by atoms with Gasteiger partial charge in [0.25, 0.3) is 0 Å². The molecule has 0 aliphatic rings. The number of hydrogen-bond acceptors (Lipinski definition) is 0. The highest BCUT2D eigenvalue weighted by molar-refractivity contribution is 4.85. The largest absolute Gasteiger partial charge is 0.103 e. The minimum Gasteiger partial charge on any atom is -0.103 e. The monoisotopic (exact) mass is 276 g/mol. The zero-order valence-electron chi connectivity index (χ0n) is 13.8. The molecule has 0 heterocycles. The van der Waals surface area contributed by atoms with Gasteiger partial charge in [-0.2, -0.15) is 0 Å². The first-order valence-electron chi connectivity index (χ1n) is 8.82. The van der Waals surface area contributed by atoms with Crippen LogP contribution in [0.1, 0.15) is 90.4 Å². The van der Waals surface area contributed by atoms with Crippen molar-refractivity contribution in [2.24, 2.45) is 0 Å². The van der Waals surface area contributed by atoms with E-state index in [0.29, 0.717) is 0 Å². The van der Waals surface area contributed by atoms with Crippen LogP contribution in [0, 0.1) is 0 Å². The van der Waals surface area contributed by atoms with Gasteiger partial charge in [-0.3, -0.25) is 0 Å². The van der Waals surface area contributed by atoms with Crippen LogP contribution in [0.5, 0.6) is 0 Å². The normalized spacial score (nSPS) is 11.7. The summed E-state index contributed by atoms with van der Waals surface area (Å²) >= 11 is 0. The minimum atomic E-state index is 1.18. The van der Waals surface area contributed by atoms with Crippen LogP contribution in [-0.2, 0) is 0 Å². The Bertz CT molecular complexity index is 234. The summed E-state index contributed by atoms with van der Waals surface area (Å²) in [5.41, 5.74) is 0. The Morgan fingerprint density at radius 1 is 0.550 bits per heavy atom. The number of hydrogen-bond donors (Lipinski definition) is 0. The average Bonchev–Trinajstić information content (AvgIpc) is 2.47. The predicted molar refractivity (Wildman–Crippen MR) is 94.2 cm³/mol. The summed E-state index contributed by atoms with van der Waals surface area (Å²) < 4.78 is 0. The Morgan fingerprint density at radius 2 is 1.00 bits per heavy atom. The van der Waals surface area contributed by atoms with Crippen molar-refractivity contribution in [1.29, 1.82) is 0 Å². The zero-order chi connectivity index (χ0) is 14.7. The van der Waals surface area contributed by atoms with Crippen molar-refractivity contribution in [2.75, 3.05) is 0 Å². The Hall–Kier alpha value is -0.780. The molecule has 0 aromatic rings. The standard InChI is InChI=1S/C20H36/c1-3-5-7-9-11-13-15-17-19-20-18-16-14-12-10-8-6-4-2/h3,12,14,17,19H,1,4-11,13,15-16,18,20H2,2H3. The summed E-state index contributed by atoms with van der Waals surface area (Å²) in [4.78, 5) is 0. The smallest absolute Gasteiger partial charge is 0.0348 e. The maximum atomic E-state index is 3.75. The third-order valence-corrected chi connectivity index (χ3v) is 3.58. The summed E-state index contributed by atoms with van der Waals surface area (Å²) in [6.07, 6.45) is 28.5. The van der Waals surface area contributed by atoms with Gasteiger partial charge in [-0.25, -0.2) is 0 Å². The molecule has 0 N–H and O–H groups in total. The molecule has 116 valence electrons. The van der Waals surface area contributed by atoms with E-state index >= 15 is 0 Å². The molecule has 0 aliphatic carbocycles. The topological polar surface area (TPSA) is 0 Å². The number of rotatable bonds is 15. The van der Waals surface area contributed by atoms with Crippen molar-refractivity contribution in [3.05, 3.63) is 37.0 Å². The van der Waals surface area contributed by atoms with Crippen molar-refractivity contribution < 1.29 is 0 Å². The summed E-state index contributed by atoms with van der Waals surface area (Å²) in [6.45, 7) is 6.01. The Balaban J connectivity index is 3.13. The third-order valence-electron chi connectivity index (χ3n) is 3.58. The van der Waals surface area contributed by atoms with Crippen LogP contribution in [0.4, 0.5) is 0 Å². The fourth-order valence-electron chi connectivity index (χ4n) is 2.24. The van der Waals surface area contributed by atoms with Crippen LogP contribution in [0.2, 0.25) is 0 Å². The van der Waals surface area contributed by atoms with Crippen LogP contribution in [0.15, 0.2) is 37.0 Å². The highest BCUT2D eigenvalue weighted by atomic mass is 13.9. The molecule has 0 fully saturated rings. The summed E-state index contributed by atoms with van der Waals surface area (Å²) in [5, 5.41) is 0. The molecule has 0 atom stereocenters. The van der Waals surface area contributed by atoms with E-state index in [-0.39, 0.29) is 0 Å². The van der Waals surface area contributed by atoms with Gasteiger partial charge < -0.3 is 0 Å². The second kappa shape index (κ2) is 18.2. The van der Waals surface area contributed by atoms with E-state index in [0.717, 1.165) is 0 Å². The van der Waals surface area contributed by atoms with Crippen molar-refractivity contribution >= 4 is 0 Å². The van der Waals surface area contributed by atoms with Gasteiger partial charge in [-0.15, -0.1) is 6.58 Å². The maximum Gasteiger partial charge on any atom is -0.0348 e. The van der Waals surface area contributed by atoms with Crippen molar-refractivity contribution in [3.8, 4) is 0 Å². The lowest BCUT2D eigenvalue weighted by Gasteiger charge is -1.96. The second-order valence-electron chi connectivity index (χ2n) is 5.65. The number of allylic oxidation sites excluding steroid dienone is 5. The van der Waals surface area contributed by atoms with Crippen molar-refractivity contribution in [3.63, 3.8) is 0 Å². The highest BCUT2D eigenvalue weighted by Gasteiger charge is 1.87. The molecule has 0 saturated carbocycles. The third kappa shape index (κ3) is 17.2. The summed E-state index contributed by atoms with van der Waals surface area (Å²) in [6, 6.07) is 0. The van der Waals surface area contributed by atoms with Crippen LogP contribution >= 0.6 is 0 Å². The van der Waals surface area contributed by atoms with E-state index in [4.69, 9.17) is 0 Å². The van der Waals surface area contributed by atoms with Crippen LogP contribution in [0.3, 0.4) is 0 Å². The van der Waals surface area contributed by atoms with Gasteiger partial charge in [0, 0.05) is 0 Å². The van der Waals surface area contributed by atoms with E-state index < -0.39 is 0 Å². The second-order valence-corrected chi connectivity index (χ2v) is 5.65. The molecule has 20 heavy (non-hydrogen) atoms. The SMILES string of the molecule is C=CCCCCCCC=CCCCC=CCCCCC. The van der Waals surface area contributed by atoms with E-state index in [9.17, 15) is 0 Å². The number of unbranched alkanes of at least 4 members (excludes halogenated alkanes) is 10.